The van der Waals surface area contributed by atoms with E-state index < -0.39 is 39.3 Å². The van der Waals surface area contributed by atoms with Crippen molar-refractivity contribution in [2.75, 3.05) is 7.11 Å². The number of nitriles is 1. The summed E-state index contributed by atoms with van der Waals surface area (Å²) in [6.45, 7) is 4.66. The number of carbonyl (C=O) groups excluding carboxylic acids is 2. The van der Waals surface area contributed by atoms with Crippen molar-refractivity contribution in [3.63, 3.8) is 0 Å². The van der Waals surface area contributed by atoms with Gasteiger partial charge in [-0.3, -0.25) is 14.9 Å². The van der Waals surface area contributed by atoms with Crippen LogP contribution in [0.1, 0.15) is 26.3 Å². The van der Waals surface area contributed by atoms with Gasteiger partial charge in [0.15, 0.2) is 11.5 Å². The smallest absolute Gasteiger partial charge is 0.437 e. The Hall–Kier alpha value is -2.92. The number of halogens is 1. The molecule has 0 radical (unpaired) electrons. The fourth-order valence-corrected chi connectivity index (χ4v) is 1.96. The molecule has 0 heterocycles. The van der Waals surface area contributed by atoms with Crippen molar-refractivity contribution in [1.29, 1.82) is 5.26 Å². The van der Waals surface area contributed by atoms with Crippen LogP contribution in [0.25, 0.3) is 5.76 Å². The Morgan fingerprint density at radius 3 is 2.36 bits per heavy atom. The molecule has 0 aliphatic heterocycles. The van der Waals surface area contributed by atoms with Gasteiger partial charge in [0.25, 0.3) is 5.69 Å². The molecule has 0 aliphatic carbocycles. The van der Waals surface area contributed by atoms with Gasteiger partial charge in [-0.05, 0) is 12.1 Å². The standard InChI is InChI=1S/C16H15ClN2O6/c1-16(2,3)14(20)11(8-18)13(25-15(21)24-4)10-6-5-9(17)7-12(10)19(22)23/h5-7H,1-4H3. The fourth-order valence-electron chi connectivity index (χ4n) is 1.79. The number of hydrogen-bond donors (Lipinski definition) is 0. The molecule has 9 heteroatoms. The van der Waals surface area contributed by atoms with Crippen molar-refractivity contribution < 1.29 is 24.0 Å². The Morgan fingerprint density at radius 2 is 1.92 bits per heavy atom. The number of rotatable bonds is 4. The molecule has 25 heavy (non-hydrogen) atoms. The zero-order valence-corrected chi connectivity index (χ0v) is 14.7. The lowest BCUT2D eigenvalue weighted by atomic mass is 9.85. The Labute approximate surface area is 148 Å². The van der Waals surface area contributed by atoms with Gasteiger partial charge >= 0.3 is 6.16 Å². The third-order valence-electron chi connectivity index (χ3n) is 3.00. The molecule has 1 aromatic rings. The van der Waals surface area contributed by atoms with E-state index in [9.17, 15) is 25.0 Å². The van der Waals surface area contributed by atoms with Crippen LogP contribution in [0.2, 0.25) is 5.02 Å². The van der Waals surface area contributed by atoms with Gasteiger partial charge in [0.1, 0.15) is 11.6 Å². The van der Waals surface area contributed by atoms with E-state index in [1.165, 1.54) is 12.1 Å². The molecule has 0 bridgehead atoms. The van der Waals surface area contributed by atoms with Gasteiger partial charge in [0.2, 0.25) is 0 Å². The van der Waals surface area contributed by atoms with Crippen LogP contribution in [0.4, 0.5) is 10.5 Å². The number of carbonyl (C=O) groups is 2. The van der Waals surface area contributed by atoms with Gasteiger partial charge in [0, 0.05) is 16.5 Å². The van der Waals surface area contributed by atoms with Crippen molar-refractivity contribution in [1.82, 2.24) is 0 Å². The first-order valence-electron chi connectivity index (χ1n) is 6.92. The number of nitrogens with zero attached hydrogens (tertiary/aromatic N) is 2. The first-order chi connectivity index (χ1) is 11.5. The number of ketones is 1. The molecule has 0 unspecified atom stereocenters. The summed E-state index contributed by atoms with van der Waals surface area (Å²) in [5.41, 5.74) is -2.30. The summed E-state index contributed by atoms with van der Waals surface area (Å²) in [7, 11) is 1.02. The van der Waals surface area contributed by atoms with Crippen molar-refractivity contribution in [3.8, 4) is 6.07 Å². The molecule has 0 saturated heterocycles. The molecule has 0 saturated carbocycles. The lowest BCUT2D eigenvalue weighted by Gasteiger charge is -2.18. The highest BCUT2D eigenvalue weighted by Gasteiger charge is 2.32. The van der Waals surface area contributed by atoms with E-state index in [4.69, 9.17) is 16.3 Å². The normalized spacial score (nSPS) is 11.8. The highest BCUT2D eigenvalue weighted by Crippen LogP contribution is 2.34. The van der Waals surface area contributed by atoms with Crippen LogP contribution >= 0.6 is 11.6 Å². The van der Waals surface area contributed by atoms with E-state index in [2.05, 4.69) is 4.74 Å². The summed E-state index contributed by atoms with van der Waals surface area (Å²) in [4.78, 5) is 34.6. The Bertz CT molecular complexity index is 802. The SMILES string of the molecule is COC(=O)OC(=C(C#N)C(=O)C(C)(C)C)c1ccc(Cl)cc1[N+](=O)[O-]. The third-order valence-corrected chi connectivity index (χ3v) is 3.24. The molecule has 0 aliphatic rings. The number of methoxy groups -OCH3 is 1. The Kier molecular flexibility index (Phi) is 6.25. The van der Waals surface area contributed by atoms with Gasteiger partial charge in [0.05, 0.1) is 17.6 Å². The number of Topliss-reactive ketones (excluding diaryl/α,β-unsaturated/α-hetero) is 1. The topological polar surface area (TPSA) is 120 Å². The molecule has 0 fully saturated rings. The molecule has 0 amide bonds. The number of allylic oxidation sites excluding steroid dienone is 1. The van der Waals surface area contributed by atoms with Crippen LogP contribution in [0.15, 0.2) is 23.8 Å². The first-order valence-corrected chi connectivity index (χ1v) is 7.30. The number of hydrogen-bond acceptors (Lipinski definition) is 7. The minimum atomic E-state index is -1.23. The van der Waals surface area contributed by atoms with Crippen LogP contribution in [0, 0.1) is 26.9 Å². The minimum absolute atomic E-state index is 0.0634. The van der Waals surface area contributed by atoms with Crippen molar-refractivity contribution in [2.24, 2.45) is 5.41 Å². The lowest BCUT2D eigenvalue weighted by Crippen LogP contribution is -2.23. The van der Waals surface area contributed by atoms with Gasteiger partial charge in [-0.25, -0.2) is 4.79 Å². The molecule has 0 atom stereocenters. The van der Waals surface area contributed by atoms with Crippen LogP contribution in [0.3, 0.4) is 0 Å². The average molecular weight is 367 g/mol. The molecular weight excluding hydrogens is 352 g/mol. The highest BCUT2D eigenvalue weighted by molar-refractivity contribution is 6.30. The highest BCUT2D eigenvalue weighted by atomic mass is 35.5. The van der Waals surface area contributed by atoms with E-state index in [1.54, 1.807) is 26.8 Å². The van der Waals surface area contributed by atoms with Crippen molar-refractivity contribution >= 4 is 35.0 Å². The van der Waals surface area contributed by atoms with Crippen LogP contribution in [0.5, 0.6) is 0 Å². The fraction of sp³-hybridized carbons (Fsp3) is 0.312. The number of benzene rings is 1. The predicted octanol–water partition coefficient (Wildman–Crippen LogP) is 3.88. The van der Waals surface area contributed by atoms with E-state index in [0.717, 1.165) is 13.2 Å². The van der Waals surface area contributed by atoms with E-state index >= 15 is 0 Å². The molecule has 1 rings (SSSR count). The molecule has 0 spiro atoms. The molecule has 0 N–H and O–H groups in total. The predicted molar refractivity (Wildman–Crippen MR) is 88.6 cm³/mol. The third kappa shape index (κ3) is 4.78. The lowest BCUT2D eigenvalue weighted by molar-refractivity contribution is -0.385. The van der Waals surface area contributed by atoms with Gasteiger partial charge in [-0.15, -0.1) is 0 Å². The van der Waals surface area contributed by atoms with Gasteiger partial charge in [-0.1, -0.05) is 32.4 Å². The molecule has 8 nitrogen and oxygen atoms in total. The van der Waals surface area contributed by atoms with Crippen molar-refractivity contribution in [2.45, 2.75) is 20.8 Å². The van der Waals surface area contributed by atoms with Crippen LogP contribution in [-0.4, -0.2) is 24.0 Å². The van der Waals surface area contributed by atoms with E-state index in [0.29, 0.717) is 0 Å². The maximum Gasteiger partial charge on any atom is 0.513 e. The molecule has 1 aromatic carbocycles. The maximum absolute atomic E-state index is 12.5. The second-order valence-electron chi connectivity index (χ2n) is 5.87. The van der Waals surface area contributed by atoms with E-state index in [-0.39, 0.29) is 10.6 Å². The summed E-state index contributed by atoms with van der Waals surface area (Å²) >= 11 is 5.76. The largest absolute Gasteiger partial charge is 0.513 e. The molecule has 0 aromatic heterocycles. The summed E-state index contributed by atoms with van der Waals surface area (Å²) in [6.07, 6.45) is -1.23. The van der Waals surface area contributed by atoms with Gasteiger partial charge < -0.3 is 9.47 Å². The summed E-state index contributed by atoms with van der Waals surface area (Å²) < 4.78 is 9.29. The summed E-state index contributed by atoms with van der Waals surface area (Å²) in [5.74, 6) is -1.21. The Balaban J connectivity index is 3.79. The zero-order valence-electron chi connectivity index (χ0n) is 14.0. The van der Waals surface area contributed by atoms with Crippen LogP contribution < -0.4 is 0 Å². The number of nitro groups is 1. The minimum Gasteiger partial charge on any atom is -0.437 e. The monoisotopic (exact) mass is 366 g/mol. The average Bonchev–Trinajstić information content (AvgIpc) is 2.53. The quantitative estimate of drug-likeness (QED) is 0.198. The number of nitro benzene ring substituents is 1. The molecule has 132 valence electrons. The maximum atomic E-state index is 12.5. The summed E-state index contributed by atoms with van der Waals surface area (Å²) in [5, 5.41) is 20.8. The van der Waals surface area contributed by atoms with Crippen LogP contribution in [-0.2, 0) is 14.3 Å². The number of ether oxygens (including phenoxy) is 2. The van der Waals surface area contributed by atoms with Crippen molar-refractivity contribution in [3.05, 3.63) is 44.5 Å². The summed E-state index contributed by atoms with van der Waals surface area (Å²) in [6, 6.07) is 5.17. The van der Waals surface area contributed by atoms with Gasteiger partial charge in [-0.2, -0.15) is 5.26 Å². The first kappa shape index (κ1) is 20.1. The molecular formula is C16H15ClN2O6. The Morgan fingerprint density at radius 1 is 1.32 bits per heavy atom. The second-order valence-corrected chi connectivity index (χ2v) is 6.31. The second kappa shape index (κ2) is 7.77. The zero-order chi connectivity index (χ0) is 19.4. The van der Waals surface area contributed by atoms with E-state index in [1.807, 2.05) is 0 Å².